The highest BCUT2D eigenvalue weighted by Crippen LogP contribution is 2.25. The molecule has 0 bridgehead atoms. The molecule has 0 fully saturated rings. The van der Waals surface area contributed by atoms with Crippen LogP contribution in [0.5, 0.6) is 0 Å². The van der Waals surface area contributed by atoms with Crippen molar-refractivity contribution in [2.45, 2.75) is 32.1 Å². The molecule has 4 nitrogen and oxygen atoms in total. The summed E-state index contributed by atoms with van der Waals surface area (Å²) in [5.74, 6) is 0. The number of anilines is 1. The van der Waals surface area contributed by atoms with E-state index in [0.29, 0.717) is 12.2 Å². The fraction of sp³-hybridized carbons (Fsp3) is 0.500. The zero-order valence-electron chi connectivity index (χ0n) is 10.8. The van der Waals surface area contributed by atoms with Crippen LogP contribution in [0.15, 0.2) is 24.3 Å². The molecule has 0 saturated carbocycles. The third-order valence-electron chi connectivity index (χ3n) is 2.64. The number of rotatable bonds is 3. The summed E-state index contributed by atoms with van der Waals surface area (Å²) in [4.78, 5) is 0. The van der Waals surface area contributed by atoms with Crippen LogP contribution >= 0.6 is 0 Å². The Kier molecular flexibility index (Phi) is 3.84. The Bertz CT molecular complexity index is 489. The molecule has 0 saturated heterocycles. The largest absolute Gasteiger partial charge is 0.326 e. The number of nitrogens with zero attached hydrogens (tertiary/aromatic N) is 1. The van der Waals surface area contributed by atoms with Gasteiger partial charge in [-0.25, -0.2) is 8.42 Å². The molecule has 0 radical (unpaired) electrons. The van der Waals surface area contributed by atoms with Gasteiger partial charge in [0, 0.05) is 13.6 Å². The quantitative estimate of drug-likeness (QED) is 0.895. The summed E-state index contributed by atoms with van der Waals surface area (Å²) in [6.07, 6.45) is 0. The summed E-state index contributed by atoms with van der Waals surface area (Å²) in [5.41, 5.74) is 7.10. The molecule has 0 spiro atoms. The second-order valence-corrected chi connectivity index (χ2v) is 7.68. The van der Waals surface area contributed by atoms with Gasteiger partial charge in [0.1, 0.15) is 0 Å². The van der Waals surface area contributed by atoms with Crippen molar-refractivity contribution in [2.75, 3.05) is 11.4 Å². The van der Waals surface area contributed by atoms with Crippen molar-refractivity contribution >= 4 is 15.7 Å². The summed E-state index contributed by atoms with van der Waals surface area (Å²) < 4.78 is 25.0. The Balaban J connectivity index is 3.17. The maximum absolute atomic E-state index is 12.2. The van der Waals surface area contributed by atoms with Crippen LogP contribution in [-0.4, -0.2) is 20.2 Å². The highest BCUT2D eigenvalue weighted by molar-refractivity contribution is 7.94. The minimum Gasteiger partial charge on any atom is -0.326 e. The number of sulfonamides is 1. The first-order valence-corrected chi connectivity index (χ1v) is 6.91. The molecule has 0 amide bonds. The normalized spacial score (nSPS) is 12.5. The molecule has 2 N–H and O–H groups in total. The number of hydrogen-bond donors (Lipinski definition) is 1. The topological polar surface area (TPSA) is 63.4 Å². The molecule has 96 valence electrons. The van der Waals surface area contributed by atoms with Crippen LogP contribution in [0.1, 0.15) is 26.3 Å². The zero-order chi connectivity index (χ0) is 13.3. The molecular formula is C12H20N2O2S. The smallest absolute Gasteiger partial charge is 0.239 e. The molecule has 5 heteroatoms. The Labute approximate surface area is 103 Å². The maximum atomic E-state index is 12.2. The highest BCUT2D eigenvalue weighted by atomic mass is 32.2. The summed E-state index contributed by atoms with van der Waals surface area (Å²) in [7, 11) is -1.80. The lowest BCUT2D eigenvalue weighted by molar-refractivity contribution is 0.558. The van der Waals surface area contributed by atoms with E-state index in [1.165, 1.54) is 4.31 Å². The van der Waals surface area contributed by atoms with Crippen molar-refractivity contribution in [3.05, 3.63) is 29.8 Å². The van der Waals surface area contributed by atoms with E-state index in [1.54, 1.807) is 40.0 Å². The van der Waals surface area contributed by atoms with Crippen LogP contribution in [0.25, 0.3) is 0 Å². The molecule has 0 aliphatic rings. The predicted octanol–water partition coefficient (Wildman–Crippen LogP) is 1.71. The Hall–Kier alpha value is -1.07. The van der Waals surface area contributed by atoms with E-state index >= 15 is 0 Å². The minimum absolute atomic E-state index is 0.400. The van der Waals surface area contributed by atoms with Gasteiger partial charge in [-0.3, -0.25) is 4.31 Å². The Morgan fingerprint density at radius 3 is 2.35 bits per heavy atom. The van der Waals surface area contributed by atoms with Gasteiger partial charge in [-0.05, 0) is 38.5 Å². The lowest BCUT2D eigenvalue weighted by Gasteiger charge is -2.28. The van der Waals surface area contributed by atoms with Crippen molar-refractivity contribution in [3.8, 4) is 0 Å². The van der Waals surface area contributed by atoms with Gasteiger partial charge in [0.15, 0.2) is 0 Å². The fourth-order valence-electron chi connectivity index (χ4n) is 1.43. The van der Waals surface area contributed by atoms with E-state index in [1.807, 2.05) is 12.1 Å². The molecule has 0 aliphatic heterocycles. The molecule has 0 aliphatic carbocycles. The summed E-state index contributed by atoms with van der Waals surface area (Å²) >= 11 is 0. The second kappa shape index (κ2) is 4.66. The molecule has 1 rings (SSSR count). The van der Waals surface area contributed by atoms with Gasteiger partial charge >= 0.3 is 0 Å². The molecular weight excluding hydrogens is 236 g/mol. The molecule has 1 aromatic rings. The van der Waals surface area contributed by atoms with Crippen molar-refractivity contribution in [3.63, 3.8) is 0 Å². The Morgan fingerprint density at radius 2 is 1.88 bits per heavy atom. The second-order valence-electron chi connectivity index (χ2n) is 4.96. The van der Waals surface area contributed by atoms with Gasteiger partial charge in [-0.1, -0.05) is 12.1 Å². The van der Waals surface area contributed by atoms with E-state index in [4.69, 9.17) is 5.73 Å². The summed E-state index contributed by atoms with van der Waals surface area (Å²) in [6, 6.07) is 7.25. The predicted molar refractivity (Wildman–Crippen MR) is 71.4 cm³/mol. The maximum Gasteiger partial charge on any atom is 0.239 e. The minimum atomic E-state index is -3.36. The third-order valence-corrected chi connectivity index (χ3v) is 5.12. The van der Waals surface area contributed by atoms with Crippen LogP contribution in [0, 0.1) is 0 Å². The summed E-state index contributed by atoms with van der Waals surface area (Å²) in [6.45, 7) is 5.46. The lowest BCUT2D eigenvalue weighted by Crippen LogP contribution is -2.40. The number of benzene rings is 1. The van der Waals surface area contributed by atoms with Gasteiger partial charge in [0.05, 0.1) is 10.4 Å². The molecule has 0 unspecified atom stereocenters. The van der Waals surface area contributed by atoms with E-state index in [-0.39, 0.29) is 0 Å². The van der Waals surface area contributed by atoms with E-state index in [9.17, 15) is 8.42 Å². The van der Waals surface area contributed by atoms with Crippen LogP contribution < -0.4 is 10.0 Å². The molecule has 17 heavy (non-hydrogen) atoms. The number of hydrogen-bond acceptors (Lipinski definition) is 3. The van der Waals surface area contributed by atoms with Crippen molar-refractivity contribution in [1.29, 1.82) is 0 Å². The highest BCUT2D eigenvalue weighted by Gasteiger charge is 2.33. The van der Waals surface area contributed by atoms with Crippen LogP contribution in [0.4, 0.5) is 5.69 Å². The molecule has 0 aromatic heterocycles. The Morgan fingerprint density at radius 1 is 1.29 bits per heavy atom. The first-order valence-electron chi connectivity index (χ1n) is 5.47. The monoisotopic (exact) mass is 256 g/mol. The zero-order valence-corrected chi connectivity index (χ0v) is 11.6. The van der Waals surface area contributed by atoms with Crippen LogP contribution in [-0.2, 0) is 16.6 Å². The van der Waals surface area contributed by atoms with Gasteiger partial charge in [-0.2, -0.15) is 0 Å². The lowest BCUT2D eigenvalue weighted by atomic mass is 10.2. The van der Waals surface area contributed by atoms with E-state index in [0.717, 1.165) is 5.56 Å². The van der Waals surface area contributed by atoms with Gasteiger partial charge in [0.2, 0.25) is 10.0 Å². The van der Waals surface area contributed by atoms with Gasteiger partial charge in [-0.15, -0.1) is 0 Å². The average molecular weight is 256 g/mol. The number of nitrogens with two attached hydrogens (primary N) is 1. The van der Waals surface area contributed by atoms with Gasteiger partial charge < -0.3 is 5.73 Å². The van der Waals surface area contributed by atoms with Crippen molar-refractivity contribution in [1.82, 2.24) is 0 Å². The average Bonchev–Trinajstić information content (AvgIpc) is 2.26. The first kappa shape index (κ1) is 14.0. The van der Waals surface area contributed by atoms with Crippen molar-refractivity contribution in [2.24, 2.45) is 5.73 Å². The first-order chi connectivity index (χ1) is 7.70. The van der Waals surface area contributed by atoms with Gasteiger partial charge in [0.25, 0.3) is 0 Å². The van der Waals surface area contributed by atoms with Crippen LogP contribution in [0.2, 0.25) is 0 Å². The van der Waals surface area contributed by atoms with E-state index in [2.05, 4.69) is 0 Å². The molecule has 0 atom stereocenters. The standard InChI is InChI=1S/C12H20N2O2S/c1-12(2,3)17(15,16)14(4)11-7-5-6-10(8-11)9-13/h5-8H,9,13H2,1-4H3. The summed E-state index contributed by atoms with van der Waals surface area (Å²) in [5, 5.41) is 0. The molecule has 1 aromatic carbocycles. The SMILES string of the molecule is CN(c1cccc(CN)c1)S(=O)(=O)C(C)(C)C. The third kappa shape index (κ3) is 2.79. The fourth-order valence-corrected chi connectivity index (χ4v) is 2.64. The van der Waals surface area contributed by atoms with Crippen LogP contribution in [0.3, 0.4) is 0 Å². The molecule has 0 heterocycles. The van der Waals surface area contributed by atoms with E-state index < -0.39 is 14.8 Å². The van der Waals surface area contributed by atoms with Crippen molar-refractivity contribution < 1.29 is 8.42 Å².